The second-order valence-corrected chi connectivity index (χ2v) is 6.44. The summed E-state index contributed by atoms with van der Waals surface area (Å²) in [6.45, 7) is 2.74. The van der Waals surface area contributed by atoms with Gasteiger partial charge in [-0.2, -0.15) is 5.10 Å². The monoisotopic (exact) mass is 367 g/mol. The van der Waals surface area contributed by atoms with Crippen molar-refractivity contribution in [2.75, 3.05) is 0 Å². The van der Waals surface area contributed by atoms with Crippen molar-refractivity contribution in [1.29, 1.82) is 0 Å². The molecule has 1 aromatic heterocycles. The molecule has 140 valence electrons. The third-order valence-corrected chi connectivity index (χ3v) is 4.40. The Labute approximate surface area is 156 Å². The van der Waals surface area contributed by atoms with E-state index in [4.69, 9.17) is 0 Å². The van der Waals surface area contributed by atoms with E-state index in [0.29, 0.717) is 22.9 Å². The number of halogens is 1. The van der Waals surface area contributed by atoms with Crippen molar-refractivity contribution in [3.05, 3.63) is 76.0 Å². The Morgan fingerprint density at radius 2 is 1.89 bits per heavy atom. The molecule has 3 aromatic rings. The maximum Gasteiger partial charge on any atom is 0.274 e. The van der Waals surface area contributed by atoms with Crippen molar-refractivity contribution in [2.45, 2.75) is 39.3 Å². The molecule has 0 unspecified atom stereocenters. The van der Waals surface area contributed by atoms with Crippen molar-refractivity contribution in [1.82, 2.24) is 15.1 Å². The van der Waals surface area contributed by atoms with Crippen LogP contribution >= 0.6 is 0 Å². The molecular weight excluding hydrogens is 345 g/mol. The third-order valence-electron chi connectivity index (χ3n) is 4.40. The highest BCUT2D eigenvalue weighted by Gasteiger charge is 2.16. The first-order valence-corrected chi connectivity index (χ1v) is 9.12. The Bertz CT molecular complexity index is 1010. The molecule has 0 atom stereocenters. The fraction of sp³-hybridized carbons (Fsp3) is 0.286. The van der Waals surface area contributed by atoms with E-state index < -0.39 is 0 Å². The minimum atomic E-state index is -0.389. The maximum absolute atomic E-state index is 13.3. The molecule has 0 aliphatic heterocycles. The van der Waals surface area contributed by atoms with Crippen LogP contribution in [0.25, 0.3) is 10.8 Å². The van der Waals surface area contributed by atoms with Gasteiger partial charge in [0.2, 0.25) is 0 Å². The fourth-order valence-electron chi connectivity index (χ4n) is 2.98. The van der Waals surface area contributed by atoms with Crippen LogP contribution < -0.4 is 10.9 Å². The Balaban J connectivity index is 1.90. The van der Waals surface area contributed by atoms with Crippen LogP contribution in [0.1, 0.15) is 42.2 Å². The molecule has 3 rings (SSSR count). The summed E-state index contributed by atoms with van der Waals surface area (Å²) in [5, 5.41) is 8.08. The first-order valence-electron chi connectivity index (χ1n) is 9.12. The lowest BCUT2D eigenvalue weighted by Gasteiger charge is -2.11. The van der Waals surface area contributed by atoms with Crippen LogP contribution in [0, 0.1) is 5.82 Å². The van der Waals surface area contributed by atoms with Crippen LogP contribution in [0.4, 0.5) is 4.39 Å². The van der Waals surface area contributed by atoms with Crippen molar-refractivity contribution < 1.29 is 9.18 Å². The Hall–Kier alpha value is -3.02. The number of aryl methyl sites for hydroxylation is 1. The highest BCUT2D eigenvalue weighted by Crippen LogP contribution is 2.14. The molecule has 0 spiro atoms. The number of unbranched alkanes of at least 4 members (excludes halogenated alkanes) is 2. The van der Waals surface area contributed by atoms with Gasteiger partial charge in [-0.3, -0.25) is 9.59 Å². The van der Waals surface area contributed by atoms with Gasteiger partial charge in [0.15, 0.2) is 5.69 Å². The minimum absolute atomic E-state index is 0.182. The van der Waals surface area contributed by atoms with Crippen molar-refractivity contribution in [2.24, 2.45) is 0 Å². The number of benzene rings is 2. The standard InChI is InChI=1S/C21H22FN3O2/c1-2-3-6-12-25-21(27)18-11-5-4-10-17(18)19(24-25)20(26)23-14-15-8-7-9-16(22)13-15/h4-5,7-11,13H,2-3,6,12,14H2,1H3,(H,23,26). The molecule has 6 heteroatoms. The van der Waals surface area contributed by atoms with Gasteiger partial charge in [0.1, 0.15) is 5.82 Å². The van der Waals surface area contributed by atoms with Crippen molar-refractivity contribution in [3.63, 3.8) is 0 Å². The largest absolute Gasteiger partial charge is 0.347 e. The lowest BCUT2D eigenvalue weighted by atomic mass is 10.1. The summed E-state index contributed by atoms with van der Waals surface area (Å²) in [5.74, 6) is -0.741. The second-order valence-electron chi connectivity index (χ2n) is 6.44. The number of carbonyl (C=O) groups excluding carboxylic acids is 1. The number of nitrogens with zero attached hydrogens (tertiary/aromatic N) is 2. The molecule has 0 saturated heterocycles. The van der Waals surface area contributed by atoms with E-state index in [2.05, 4.69) is 17.3 Å². The summed E-state index contributed by atoms with van der Waals surface area (Å²) in [6.07, 6.45) is 2.84. The van der Waals surface area contributed by atoms with Gasteiger partial charge in [-0.05, 0) is 30.2 Å². The summed E-state index contributed by atoms with van der Waals surface area (Å²) in [6, 6.07) is 13.0. The summed E-state index contributed by atoms with van der Waals surface area (Å²) in [4.78, 5) is 25.4. The van der Waals surface area contributed by atoms with Gasteiger partial charge >= 0.3 is 0 Å². The number of rotatable bonds is 7. The Morgan fingerprint density at radius 1 is 1.11 bits per heavy atom. The minimum Gasteiger partial charge on any atom is -0.347 e. The molecule has 0 fully saturated rings. The predicted molar refractivity (Wildman–Crippen MR) is 103 cm³/mol. The lowest BCUT2D eigenvalue weighted by molar-refractivity contribution is 0.0945. The summed E-state index contributed by atoms with van der Waals surface area (Å²) < 4.78 is 14.7. The topological polar surface area (TPSA) is 64.0 Å². The SMILES string of the molecule is CCCCCn1nc(C(=O)NCc2cccc(F)c2)c2ccccc2c1=O. The van der Waals surface area contributed by atoms with E-state index in [-0.39, 0.29) is 29.5 Å². The van der Waals surface area contributed by atoms with Crippen LogP contribution in [0.5, 0.6) is 0 Å². The smallest absolute Gasteiger partial charge is 0.274 e. The normalized spacial score (nSPS) is 10.9. The number of amides is 1. The van der Waals surface area contributed by atoms with Gasteiger partial charge in [-0.15, -0.1) is 0 Å². The van der Waals surface area contributed by atoms with Crippen LogP contribution in [0.2, 0.25) is 0 Å². The van der Waals surface area contributed by atoms with E-state index in [1.807, 2.05) is 0 Å². The van der Waals surface area contributed by atoms with Gasteiger partial charge < -0.3 is 5.32 Å². The number of aromatic nitrogens is 2. The highest BCUT2D eigenvalue weighted by molar-refractivity contribution is 6.04. The molecular formula is C21H22FN3O2. The van der Waals surface area contributed by atoms with E-state index in [1.54, 1.807) is 36.4 Å². The number of hydrogen-bond donors (Lipinski definition) is 1. The summed E-state index contributed by atoms with van der Waals surface area (Å²) in [5.41, 5.74) is 0.672. The average molecular weight is 367 g/mol. The van der Waals surface area contributed by atoms with E-state index in [9.17, 15) is 14.0 Å². The zero-order chi connectivity index (χ0) is 19.2. The zero-order valence-electron chi connectivity index (χ0n) is 15.2. The number of fused-ring (bicyclic) bond motifs is 1. The molecule has 0 radical (unpaired) electrons. The third kappa shape index (κ3) is 4.39. The Morgan fingerprint density at radius 3 is 2.63 bits per heavy atom. The molecule has 0 aliphatic rings. The summed E-state index contributed by atoms with van der Waals surface area (Å²) >= 11 is 0. The van der Waals surface area contributed by atoms with E-state index >= 15 is 0 Å². The molecule has 1 heterocycles. The van der Waals surface area contributed by atoms with Gasteiger partial charge in [0.25, 0.3) is 11.5 Å². The first-order chi connectivity index (χ1) is 13.1. The number of nitrogens with one attached hydrogen (secondary N) is 1. The lowest BCUT2D eigenvalue weighted by Crippen LogP contribution is -2.30. The maximum atomic E-state index is 13.3. The quantitative estimate of drug-likeness (QED) is 0.648. The van der Waals surface area contributed by atoms with Gasteiger partial charge in [0.05, 0.1) is 5.39 Å². The molecule has 1 amide bonds. The average Bonchev–Trinajstić information content (AvgIpc) is 2.68. The van der Waals surface area contributed by atoms with Crippen molar-refractivity contribution in [3.8, 4) is 0 Å². The van der Waals surface area contributed by atoms with Crippen LogP contribution in [-0.4, -0.2) is 15.7 Å². The molecule has 0 aliphatic carbocycles. The van der Waals surface area contributed by atoms with Crippen molar-refractivity contribution >= 4 is 16.7 Å². The highest BCUT2D eigenvalue weighted by atomic mass is 19.1. The fourth-order valence-corrected chi connectivity index (χ4v) is 2.98. The van der Waals surface area contributed by atoms with E-state index in [0.717, 1.165) is 19.3 Å². The molecule has 0 saturated carbocycles. The Kier molecular flexibility index (Phi) is 5.96. The summed E-state index contributed by atoms with van der Waals surface area (Å²) in [7, 11) is 0. The van der Waals surface area contributed by atoms with Gasteiger partial charge in [-0.1, -0.05) is 50.1 Å². The van der Waals surface area contributed by atoms with Gasteiger partial charge in [-0.25, -0.2) is 9.07 Å². The molecule has 5 nitrogen and oxygen atoms in total. The van der Waals surface area contributed by atoms with Crippen LogP contribution in [0.3, 0.4) is 0 Å². The first kappa shape index (κ1) is 18.8. The van der Waals surface area contributed by atoms with Gasteiger partial charge in [0, 0.05) is 18.5 Å². The molecule has 1 N–H and O–H groups in total. The number of carbonyl (C=O) groups is 1. The van der Waals surface area contributed by atoms with E-state index in [1.165, 1.54) is 16.8 Å². The zero-order valence-corrected chi connectivity index (χ0v) is 15.2. The van der Waals surface area contributed by atoms with Crippen LogP contribution in [-0.2, 0) is 13.1 Å². The second kappa shape index (κ2) is 8.58. The molecule has 27 heavy (non-hydrogen) atoms. The predicted octanol–water partition coefficient (Wildman–Crippen LogP) is 3.66. The van der Waals surface area contributed by atoms with Crippen LogP contribution in [0.15, 0.2) is 53.3 Å². The number of hydrogen-bond acceptors (Lipinski definition) is 3. The molecule has 2 aromatic carbocycles. The molecule has 0 bridgehead atoms.